The number of nitrogens with zero attached hydrogens (tertiary/aromatic N) is 1. The molecule has 1 aliphatic rings. The van der Waals surface area contributed by atoms with E-state index in [2.05, 4.69) is 151 Å². The Bertz CT molecular complexity index is 2080. The van der Waals surface area contributed by atoms with Crippen molar-refractivity contribution in [3.05, 3.63) is 157 Å². The summed E-state index contributed by atoms with van der Waals surface area (Å²) in [5.41, 5.74) is 8.21. The second-order valence-electron chi connectivity index (χ2n) is 10.7. The van der Waals surface area contributed by atoms with Gasteiger partial charge in [-0.15, -0.1) is 0 Å². The molecule has 41 heavy (non-hydrogen) atoms. The summed E-state index contributed by atoms with van der Waals surface area (Å²) < 4.78 is 0. The van der Waals surface area contributed by atoms with E-state index in [-0.39, 0.29) is 0 Å². The van der Waals surface area contributed by atoms with Crippen LogP contribution in [0.1, 0.15) is 17.5 Å². The maximum absolute atomic E-state index is 3.58. The van der Waals surface area contributed by atoms with Gasteiger partial charge < -0.3 is 4.90 Å². The maximum atomic E-state index is 3.58. The molecule has 1 heteroatoms. The first-order valence-electron chi connectivity index (χ1n) is 14.3. The van der Waals surface area contributed by atoms with Crippen molar-refractivity contribution in [3.63, 3.8) is 0 Å². The predicted molar refractivity (Wildman–Crippen MR) is 174 cm³/mol. The Morgan fingerprint density at radius 2 is 1.24 bits per heavy atom. The van der Waals surface area contributed by atoms with Gasteiger partial charge in [0.15, 0.2) is 0 Å². The second-order valence-corrected chi connectivity index (χ2v) is 10.7. The molecule has 1 nitrogen and oxygen atoms in total. The van der Waals surface area contributed by atoms with Gasteiger partial charge in [-0.2, -0.15) is 0 Å². The molecule has 0 N–H and O–H groups in total. The van der Waals surface area contributed by atoms with E-state index < -0.39 is 0 Å². The molecule has 0 atom stereocenters. The van der Waals surface area contributed by atoms with Crippen molar-refractivity contribution in [2.75, 3.05) is 4.90 Å². The molecule has 0 aliphatic heterocycles. The van der Waals surface area contributed by atoms with Crippen LogP contribution in [-0.2, 0) is 6.42 Å². The number of aryl methyl sites for hydroxylation is 1. The van der Waals surface area contributed by atoms with Crippen LogP contribution in [0.5, 0.6) is 0 Å². The Balaban J connectivity index is 1.44. The van der Waals surface area contributed by atoms with E-state index in [1.54, 1.807) is 0 Å². The quantitative estimate of drug-likeness (QED) is 0.208. The van der Waals surface area contributed by atoms with Crippen molar-refractivity contribution in [2.24, 2.45) is 0 Å². The summed E-state index contributed by atoms with van der Waals surface area (Å²) >= 11 is 0. The third kappa shape index (κ3) is 3.96. The molecule has 192 valence electrons. The molecule has 0 unspecified atom stereocenters. The lowest BCUT2D eigenvalue weighted by Crippen LogP contribution is -2.12. The van der Waals surface area contributed by atoms with Crippen molar-refractivity contribution in [2.45, 2.75) is 12.8 Å². The SMILES string of the molecule is c1c(-c2ccccc2)ccc(N(c2cccc3ccc4c(c23)CCC=C4)c2cccc3ccc4ccccc4c23)c#1. The van der Waals surface area contributed by atoms with Crippen LogP contribution in [0, 0.1) is 12.1 Å². The Morgan fingerprint density at radius 1 is 0.537 bits per heavy atom. The molecule has 8 rings (SSSR count). The standard InChI is InChI=1S/C40H27N/c1-2-10-28(11-3-1)29-24-26-34(27-25-29)41(37-18-8-14-32-22-20-30-12-4-6-16-35(30)39(32)37)38-19-9-15-33-23-21-31-13-5-7-17-36(31)40(33)38/h1-6,8-16,18-24,26H,7,17H2. The summed E-state index contributed by atoms with van der Waals surface area (Å²) in [6.07, 6.45) is 6.66. The van der Waals surface area contributed by atoms with Crippen LogP contribution in [-0.4, -0.2) is 0 Å². The molecule has 1 aliphatic carbocycles. The average molecular weight is 522 g/mol. The van der Waals surface area contributed by atoms with Gasteiger partial charge in [0.2, 0.25) is 0 Å². The Labute approximate surface area is 240 Å². The van der Waals surface area contributed by atoms with Crippen LogP contribution in [0.25, 0.3) is 49.5 Å². The van der Waals surface area contributed by atoms with Gasteiger partial charge in [0.25, 0.3) is 0 Å². The van der Waals surface area contributed by atoms with Crippen molar-refractivity contribution >= 4 is 55.5 Å². The first-order chi connectivity index (χ1) is 20.3. The first kappa shape index (κ1) is 23.6. The van der Waals surface area contributed by atoms with Crippen molar-refractivity contribution < 1.29 is 0 Å². The van der Waals surface area contributed by atoms with Crippen LogP contribution in [0.4, 0.5) is 17.1 Å². The molecule has 0 saturated heterocycles. The summed E-state index contributed by atoms with van der Waals surface area (Å²) in [7, 11) is 0. The van der Waals surface area contributed by atoms with Crippen molar-refractivity contribution in [1.29, 1.82) is 0 Å². The van der Waals surface area contributed by atoms with E-state index in [4.69, 9.17) is 0 Å². The molecule has 0 fully saturated rings. The van der Waals surface area contributed by atoms with Crippen molar-refractivity contribution in [1.82, 2.24) is 0 Å². The van der Waals surface area contributed by atoms with Gasteiger partial charge in [-0.1, -0.05) is 121 Å². The summed E-state index contributed by atoms with van der Waals surface area (Å²) in [6.45, 7) is 0. The lowest BCUT2D eigenvalue weighted by atomic mass is 9.90. The van der Waals surface area contributed by atoms with Gasteiger partial charge in [-0.25, -0.2) is 0 Å². The topological polar surface area (TPSA) is 3.24 Å². The largest absolute Gasteiger partial charge is 0.302 e. The lowest BCUT2D eigenvalue weighted by molar-refractivity contribution is 0.997. The molecule has 0 amide bonds. The molecule has 0 heterocycles. The molecular formula is C40H27N. The third-order valence-corrected chi connectivity index (χ3v) is 8.31. The monoisotopic (exact) mass is 521 g/mol. The minimum atomic E-state index is 0.974. The van der Waals surface area contributed by atoms with Crippen LogP contribution < -0.4 is 4.90 Å². The fourth-order valence-corrected chi connectivity index (χ4v) is 6.41. The minimum Gasteiger partial charge on any atom is -0.302 e. The van der Waals surface area contributed by atoms with Gasteiger partial charge in [0.1, 0.15) is 0 Å². The number of hydrogen-bond acceptors (Lipinski definition) is 1. The second kappa shape index (κ2) is 9.70. The Morgan fingerprint density at radius 3 is 2.07 bits per heavy atom. The molecule has 7 aromatic carbocycles. The normalized spacial score (nSPS) is 12.4. The molecule has 0 spiro atoms. The van der Waals surface area contributed by atoms with Gasteiger partial charge in [-0.05, 0) is 81.4 Å². The van der Waals surface area contributed by atoms with E-state index in [1.807, 2.05) is 6.07 Å². The number of anilines is 3. The van der Waals surface area contributed by atoms with Gasteiger partial charge in [-0.3, -0.25) is 0 Å². The molecule has 0 aromatic heterocycles. The number of benzene rings is 6. The van der Waals surface area contributed by atoms with Crippen LogP contribution >= 0.6 is 0 Å². The van der Waals surface area contributed by atoms with Gasteiger partial charge in [0, 0.05) is 16.3 Å². The predicted octanol–water partition coefficient (Wildman–Crippen LogP) is 10.8. The number of fused-ring (bicyclic) bond motifs is 6. The first-order valence-corrected chi connectivity index (χ1v) is 14.3. The fourth-order valence-electron chi connectivity index (χ4n) is 6.41. The molecular weight excluding hydrogens is 494 g/mol. The Kier molecular flexibility index (Phi) is 5.57. The summed E-state index contributed by atoms with van der Waals surface area (Å²) in [5, 5.41) is 7.53. The molecule has 0 bridgehead atoms. The summed E-state index contributed by atoms with van der Waals surface area (Å²) in [5.74, 6) is 0. The van der Waals surface area contributed by atoms with E-state index in [0.717, 1.165) is 35.3 Å². The highest BCUT2D eigenvalue weighted by Crippen LogP contribution is 2.45. The zero-order valence-electron chi connectivity index (χ0n) is 22.6. The highest BCUT2D eigenvalue weighted by atomic mass is 15.1. The molecule has 7 aromatic rings. The fraction of sp³-hybridized carbons (Fsp3) is 0.0500. The molecule has 0 saturated carbocycles. The maximum Gasteiger partial charge on any atom is 0.0974 e. The van der Waals surface area contributed by atoms with E-state index in [9.17, 15) is 0 Å². The van der Waals surface area contributed by atoms with Crippen LogP contribution in [0.2, 0.25) is 0 Å². The number of rotatable bonds is 4. The summed E-state index contributed by atoms with van der Waals surface area (Å²) in [4.78, 5) is 2.40. The molecule has 0 radical (unpaired) electrons. The number of hydrogen-bond donors (Lipinski definition) is 0. The van der Waals surface area contributed by atoms with Crippen LogP contribution in [0.3, 0.4) is 0 Å². The zero-order valence-corrected chi connectivity index (χ0v) is 22.6. The smallest absolute Gasteiger partial charge is 0.0974 e. The van der Waals surface area contributed by atoms with Crippen molar-refractivity contribution in [3.8, 4) is 11.1 Å². The van der Waals surface area contributed by atoms with E-state index in [0.29, 0.717) is 0 Å². The highest BCUT2D eigenvalue weighted by molar-refractivity contribution is 6.16. The zero-order chi connectivity index (χ0) is 27.2. The van der Waals surface area contributed by atoms with Gasteiger partial charge in [0.05, 0.1) is 17.1 Å². The highest BCUT2D eigenvalue weighted by Gasteiger charge is 2.21. The van der Waals surface area contributed by atoms with Crippen LogP contribution in [0.15, 0.2) is 133 Å². The lowest BCUT2D eigenvalue weighted by Gasteiger charge is -2.29. The Hall–Kier alpha value is -5.32. The van der Waals surface area contributed by atoms with Gasteiger partial charge >= 0.3 is 0 Å². The number of allylic oxidation sites excluding steroid dienone is 1. The van der Waals surface area contributed by atoms with E-state index >= 15 is 0 Å². The average Bonchev–Trinajstić information content (AvgIpc) is 3.05. The minimum absolute atomic E-state index is 0.974. The third-order valence-electron chi connectivity index (χ3n) is 8.31. The van der Waals surface area contributed by atoms with E-state index in [1.165, 1.54) is 49.1 Å². The summed E-state index contributed by atoms with van der Waals surface area (Å²) in [6, 6.07) is 52.9.